The first-order valence-corrected chi connectivity index (χ1v) is 7.59. The summed E-state index contributed by atoms with van der Waals surface area (Å²) in [6.07, 6.45) is 0.976. The molecule has 1 aliphatic rings. The summed E-state index contributed by atoms with van der Waals surface area (Å²) in [5.74, 6) is 0.954. The number of amides is 1. The standard InChI is InChI=1S/C15H21BrN2O2/c1-15(2,3)18-14(19)9-17-8-12-7-10-6-11(16)4-5-13(10)20-12/h4-6,12,17H,7-9H2,1-3H3,(H,18,19). The van der Waals surface area contributed by atoms with Gasteiger partial charge in [-0.15, -0.1) is 0 Å². The van der Waals surface area contributed by atoms with Gasteiger partial charge >= 0.3 is 0 Å². The minimum atomic E-state index is -0.189. The highest BCUT2D eigenvalue weighted by atomic mass is 79.9. The average Bonchev–Trinajstić information content (AvgIpc) is 2.68. The number of fused-ring (bicyclic) bond motifs is 1. The molecule has 1 amide bonds. The second kappa shape index (κ2) is 6.14. The third-order valence-corrected chi connectivity index (χ3v) is 3.43. The minimum absolute atomic E-state index is 0.00996. The van der Waals surface area contributed by atoms with E-state index in [2.05, 4.69) is 32.6 Å². The Balaban J connectivity index is 1.74. The first kappa shape index (κ1) is 15.3. The van der Waals surface area contributed by atoms with Crippen LogP contribution in [0, 0.1) is 0 Å². The molecule has 1 heterocycles. The maximum absolute atomic E-state index is 11.7. The summed E-state index contributed by atoms with van der Waals surface area (Å²) < 4.78 is 6.90. The Kier molecular flexibility index (Phi) is 4.70. The highest BCUT2D eigenvalue weighted by Crippen LogP contribution is 2.30. The molecule has 0 radical (unpaired) electrons. The molecule has 0 fully saturated rings. The zero-order chi connectivity index (χ0) is 14.8. The lowest BCUT2D eigenvalue weighted by molar-refractivity contribution is -0.121. The van der Waals surface area contributed by atoms with Crippen molar-refractivity contribution in [1.82, 2.24) is 10.6 Å². The van der Waals surface area contributed by atoms with Crippen molar-refractivity contribution in [2.24, 2.45) is 0 Å². The normalized spacial score (nSPS) is 17.5. The fourth-order valence-corrected chi connectivity index (χ4v) is 2.62. The Morgan fingerprint density at radius 2 is 2.20 bits per heavy atom. The van der Waals surface area contributed by atoms with Crippen molar-refractivity contribution >= 4 is 21.8 Å². The van der Waals surface area contributed by atoms with Gasteiger partial charge in [-0.2, -0.15) is 0 Å². The second-order valence-electron chi connectivity index (χ2n) is 6.13. The third kappa shape index (κ3) is 4.49. The van der Waals surface area contributed by atoms with E-state index in [1.807, 2.05) is 32.9 Å². The van der Waals surface area contributed by atoms with E-state index in [-0.39, 0.29) is 17.6 Å². The van der Waals surface area contributed by atoms with Crippen LogP contribution >= 0.6 is 15.9 Å². The number of nitrogens with one attached hydrogen (secondary N) is 2. The van der Waals surface area contributed by atoms with E-state index in [1.54, 1.807) is 0 Å². The number of rotatable bonds is 4. The first-order valence-electron chi connectivity index (χ1n) is 6.80. The van der Waals surface area contributed by atoms with Crippen LogP contribution in [-0.4, -0.2) is 30.6 Å². The molecule has 2 N–H and O–H groups in total. The van der Waals surface area contributed by atoms with Crippen molar-refractivity contribution in [3.8, 4) is 5.75 Å². The van der Waals surface area contributed by atoms with Gasteiger partial charge in [-0.05, 0) is 44.5 Å². The molecule has 1 aromatic carbocycles. The number of hydrogen-bond acceptors (Lipinski definition) is 3. The molecule has 4 nitrogen and oxygen atoms in total. The van der Waals surface area contributed by atoms with Crippen molar-refractivity contribution in [3.63, 3.8) is 0 Å². The molecule has 1 aromatic rings. The maximum Gasteiger partial charge on any atom is 0.234 e. The smallest absolute Gasteiger partial charge is 0.234 e. The average molecular weight is 341 g/mol. The Morgan fingerprint density at radius 3 is 2.90 bits per heavy atom. The molecule has 0 spiro atoms. The third-order valence-electron chi connectivity index (χ3n) is 2.94. The Morgan fingerprint density at radius 1 is 1.45 bits per heavy atom. The summed E-state index contributed by atoms with van der Waals surface area (Å²) in [6, 6.07) is 6.04. The lowest BCUT2D eigenvalue weighted by Crippen LogP contribution is -2.46. The fourth-order valence-electron chi connectivity index (χ4n) is 2.21. The number of benzene rings is 1. The summed E-state index contributed by atoms with van der Waals surface area (Å²) in [5.41, 5.74) is 1.02. The Bertz CT molecular complexity index is 497. The molecule has 0 bridgehead atoms. The maximum atomic E-state index is 11.7. The number of hydrogen-bond donors (Lipinski definition) is 2. The highest BCUT2D eigenvalue weighted by Gasteiger charge is 2.23. The topological polar surface area (TPSA) is 50.4 Å². The fraction of sp³-hybridized carbons (Fsp3) is 0.533. The largest absolute Gasteiger partial charge is 0.488 e. The Hall–Kier alpha value is -1.07. The van der Waals surface area contributed by atoms with E-state index in [1.165, 1.54) is 5.56 Å². The van der Waals surface area contributed by atoms with Gasteiger partial charge in [0.15, 0.2) is 0 Å². The minimum Gasteiger partial charge on any atom is -0.488 e. The van der Waals surface area contributed by atoms with Crippen molar-refractivity contribution in [2.45, 2.75) is 38.8 Å². The van der Waals surface area contributed by atoms with Gasteiger partial charge in [0.1, 0.15) is 11.9 Å². The molecule has 1 atom stereocenters. The van der Waals surface area contributed by atoms with Crippen molar-refractivity contribution in [1.29, 1.82) is 0 Å². The summed E-state index contributed by atoms with van der Waals surface area (Å²) in [4.78, 5) is 11.7. The molecule has 0 saturated heterocycles. The summed E-state index contributed by atoms with van der Waals surface area (Å²) in [7, 11) is 0. The van der Waals surface area contributed by atoms with Crippen LogP contribution in [0.25, 0.3) is 0 Å². The van der Waals surface area contributed by atoms with Gasteiger partial charge in [-0.1, -0.05) is 15.9 Å². The first-order chi connectivity index (χ1) is 9.33. The highest BCUT2D eigenvalue weighted by molar-refractivity contribution is 9.10. The molecule has 5 heteroatoms. The summed E-state index contributed by atoms with van der Waals surface area (Å²) in [6.45, 7) is 6.90. The quantitative estimate of drug-likeness (QED) is 0.883. The van der Waals surface area contributed by atoms with Gasteiger partial charge in [0.2, 0.25) is 5.91 Å². The molecular formula is C15H21BrN2O2. The lowest BCUT2D eigenvalue weighted by atomic mass is 10.1. The molecule has 2 rings (SSSR count). The molecular weight excluding hydrogens is 320 g/mol. The molecule has 0 aliphatic carbocycles. The lowest BCUT2D eigenvalue weighted by Gasteiger charge is -2.21. The number of halogens is 1. The molecule has 0 saturated carbocycles. The van der Waals surface area contributed by atoms with E-state index in [9.17, 15) is 4.79 Å². The zero-order valence-corrected chi connectivity index (χ0v) is 13.7. The van der Waals surface area contributed by atoms with Gasteiger partial charge in [-0.25, -0.2) is 0 Å². The van der Waals surface area contributed by atoms with E-state index in [0.29, 0.717) is 13.1 Å². The van der Waals surface area contributed by atoms with Crippen LogP contribution in [0.2, 0.25) is 0 Å². The van der Waals surface area contributed by atoms with Crippen molar-refractivity contribution in [2.75, 3.05) is 13.1 Å². The van der Waals surface area contributed by atoms with E-state index in [4.69, 9.17) is 4.74 Å². The molecule has 1 unspecified atom stereocenters. The SMILES string of the molecule is CC(C)(C)NC(=O)CNCC1Cc2cc(Br)ccc2O1. The van der Waals surface area contributed by atoms with Crippen molar-refractivity contribution in [3.05, 3.63) is 28.2 Å². The van der Waals surface area contributed by atoms with Crippen LogP contribution in [0.3, 0.4) is 0 Å². The zero-order valence-electron chi connectivity index (χ0n) is 12.1. The van der Waals surface area contributed by atoms with Crippen LogP contribution < -0.4 is 15.4 Å². The van der Waals surface area contributed by atoms with Crippen molar-refractivity contribution < 1.29 is 9.53 Å². The second-order valence-corrected chi connectivity index (χ2v) is 7.04. The predicted octanol–water partition coefficient (Wildman–Crippen LogP) is 2.26. The van der Waals surface area contributed by atoms with Gasteiger partial charge in [-0.3, -0.25) is 4.79 Å². The Labute approximate surface area is 128 Å². The number of carbonyl (C=O) groups is 1. The van der Waals surface area contributed by atoms with Gasteiger partial charge in [0.05, 0.1) is 6.54 Å². The van der Waals surface area contributed by atoms with Crippen LogP contribution in [-0.2, 0) is 11.2 Å². The van der Waals surface area contributed by atoms with E-state index >= 15 is 0 Å². The van der Waals surface area contributed by atoms with E-state index < -0.39 is 0 Å². The monoisotopic (exact) mass is 340 g/mol. The van der Waals surface area contributed by atoms with Crippen LogP contribution in [0.15, 0.2) is 22.7 Å². The van der Waals surface area contributed by atoms with Crippen LogP contribution in [0.4, 0.5) is 0 Å². The molecule has 110 valence electrons. The summed E-state index contributed by atoms with van der Waals surface area (Å²) >= 11 is 3.46. The summed E-state index contributed by atoms with van der Waals surface area (Å²) in [5, 5.41) is 6.07. The molecule has 0 aromatic heterocycles. The van der Waals surface area contributed by atoms with Gasteiger partial charge in [0, 0.05) is 23.0 Å². The molecule has 20 heavy (non-hydrogen) atoms. The van der Waals surface area contributed by atoms with E-state index in [0.717, 1.165) is 16.6 Å². The predicted molar refractivity (Wildman–Crippen MR) is 83.0 cm³/mol. The van der Waals surface area contributed by atoms with Crippen LogP contribution in [0.5, 0.6) is 5.75 Å². The van der Waals surface area contributed by atoms with Crippen LogP contribution in [0.1, 0.15) is 26.3 Å². The molecule has 1 aliphatic heterocycles. The van der Waals surface area contributed by atoms with Gasteiger partial charge in [0.25, 0.3) is 0 Å². The van der Waals surface area contributed by atoms with Gasteiger partial charge < -0.3 is 15.4 Å². The number of carbonyl (C=O) groups excluding carboxylic acids is 1. The number of ether oxygens (including phenoxy) is 1.